The highest BCUT2D eigenvalue weighted by Gasteiger charge is 2.11. The highest BCUT2D eigenvalue weighted by Crippen LogP contribution is 2.09. The molecule has 0 aliphatic heterocycles. The van der Waals surface area contributed by atoms with E-state index in [9.17, 15) is 4.79 Å². The van der Waals surface area contributed by atoms with Gasteiger partial charge in [-0.15, -0.1) is 0 Å². The van der Waals surface area contributed by atoms with Gasteiger partial charge in [-0.1, -0.05) is 12.1 Å². The van der Waals surface area contributed by atoms with Gasteiger partial charge in [0.2, 0.25) is 5.78 Å². The maximum absolute atomic E-state index is 11.9. The molecular formula is C12H11IN2O. The van der Waals surface area contributed by atoms with E-state index in [2.05, 4.69) is 27.6 Å². The van der Waals surface area contributed by atoms with Crippen molar-refractivity contribution in [2.45, 2.75) is 6.42 Å². The van der Waals surface area contributed by atoms with E-state index in [1.54, 1.807) is 17.0 Å². The van der Waals surface area contributed by atoms with Crippen LogP contribution >= 0.6 is 22.6 Å². The van der Waals surface area contributed by atoms with Crippen LogP contribution < -0.4 is 0 Å². The fraction of sp³-hybridized carbons (Fsp3) is 0.167. The van der Waals surface area contributed by atoms with Crippen LogP contribution in [0.1, 0.15) is 16.2 Å². The van der Waals surface area contributed by atoms with Crippen LogP contribution in [0.5, 0.6) is 0 Å². The van der Waals surface area contributed by atoms with Gasteiger partial charge in [0.25, 0.3) is 0 Å². The Morgan fingerprint density at radius 3 is 2.62 bits per heavy atom. The topological polar surface area (TPSA) is 34.9 Å². The Kier molecular flexibility index (Phi) is 3.38. The lowest BCUT2D eigenvalue weighted by atomic mass is 10.1. The SMILES string of the molecule is Cn1ccnc1C(=O)Cc1ccc(I)cc1. The molecule has 0 bridgehead atoms. The molecular weight excluding hydrogens is 315 g/mol. The molecule has 0 amide bonds. The van der Waals surface area contributed by atoms with E-state index < -0.39 is 0 Å². The van der Waals surface area contributed by atoms with Crippen LogP contribution in [0.2, 0.25) is 0 Å². The highest BCUT2D eigenvalue weighted by atomic mass is 127. The average Bonchev–Trinajstić information content (AvgIpc) is 2.68. The first-order valence-corrected chi connectivity index (χ1v) is 5.99. The number of imidazole rings is 1. The molecule has 0 radical (unpaired) electrons. The maximum Gasteiger partial charge on any atom is 0.202 e. The normalized spacial score (nSPS) is 10.4. The van der Waals surface area contributed by atoms with E-state index in [0.29, 0.717) is 12.2 Å². The average molecular weight is 326 g/mol. The number of carbonyl (C=O) groups is 1. The van der Waals surface area contributed by atoms with Crippen LogP contribution in [0.25, 0.3) is 0 Å². The fourth-order valence-corrected chi connectivity index (χ4v) is 1.86. The van der Waals surface area contributed by atoms with Crippen LogP contribution in [0.4, 0.5) is 0 Å². The number of nitrogens with zero attached hydrogens (tertiary/aromatic N) is 2. The molecule has 0 atom stereocenters. The molecule has 1 aromatic heterocycles. The van der Waals surface area contributed by atoms with E-state index >= 15 is 0 Å². The molecule has 0 aliphatic carbocycles. The Morgan fingerprint density at radius 2 is 2.06 bits per heavy atom. The first kappa shape index (κ1) is 11.3. The van der Waals surface area contributed by atoms with Crippen molar-refractivity contribution in [3.8, 4) is 0 Å². The first-order valence-electron chi connectivity index (χ1n) is 4.92. The van der Waals surface area contributed by atoms with Gasteiger partial charge >= 0.3 is 0 Å². The van der Waals surface area contributed by atoms with Gasteiger partial charge < -0.3 is 4.57 Å². The Balaban J connectivity index is 2.14. The lowest BCUT2D eigenvalue weighted by molar-refractivity contribution is 0.0980. The summed E-state index contributed by atoms with van der Waals surface area (Å²) in [5.41, 5.74) is 1.02. The predicted molar refractivity (Wildman–Crippen MR) is 70.4 cm³/mol. The van der Waals surface area contributed by atoms with Crippen molar-refractivity contribution in [2.24, 2.45) is 7.05 Å². The van der Waals surface area contributed by atoms with Crippen molar-refractivity contribution in [3.05, 3.63) is 51.6 Å². The lowest BCUT2D eigenvalue weighted by Gasteiger charge is -2.01. The minimum absolute atomic E-state index is 0.0497. The molecule has 3 nitrogen and oxygen atoms in total. The van der Waals surface area contributed by atoms with Crippen molar-refractivity contribution in [2.75, 3.05) is 0 Å². The standard InChI is InChI=1S/C12H11IN2O/c1-15-7-6-14-12(15)11(16)8-9-2-4-10(13)5-3-9/h2-7H,8H2,1H3. The maximum atomic E-state index is 11.9. The number of carbonyl (C=O) groups excluding carboxylic acids is 1. The summed E-state index contributed by atoms with van der Waals surface area (Å²) >= 11 is 2.24. The molecule has 0 aliphatic rings. The van der Waals surface area contributed by atoms with Gasteiger partial charge in [0, 0.05) is 29.4 Å². The minimum atomic E-state index is 0.0497. The second-order valence-electron chi connectivity index (χ2n) is 3.59. The highest BCUT2D eigenvalue weighted by molar-refractivity contribution is 14.1. The van der Waals surface area contributed by atoms with Crippen LogP contribution in [-0.2, 0) is 13.5 Å². The molecule has 1 aromatic carbocycles. The number of Topliss-reactive ketones (excluding diaryl/α,β-unsaturated/α-hetero) is 1. The number of benzene rings is 1. The monoisotopic (exact) mass is 326 g/mol. The quantitative estimate of drug-likeness (QED) is 0.641. The summed E-state index contributed by atoms with van der Waals surface area (Å²) in [7, 11) is 1.83. The second-order valence-corrected chi connectivity index (χ2v) is 4.83. The lowest BCUT2D eigenvalue weighted by Crippen LogP contribution is -2.10. The molecule has 2 aromatic rings. The van der Waals surface area contributed by atoms with Crippen molar-refractivity contribution < 1.29 is 4.79 Å². The Bertz CT molecular complexity index is 502. The predicted octanol–water partition coefficient (Wildman–Crippen LogP) is 2.45. The summed E-state index contributed by atoms with van der Waals surface area (Å²) < 4.78 is 2.92. The molecule has 0 fully saturated rings. The summed E-state index contributed by atoms with van der Waals surface area (Å²) in [5.74, 6) is 0.562. The van der Waals surface area contributed by atoms with Crippen LogP contribution in [0.15, 0.2) is 36.7 Å². The summed E-state index contributed by atoms with van der Waals surface area (Å²) in [6.07, 6.45) is 3.82. The van der Waals surface area contributed by atoms with Gasteiger partial charge in [-0.05, 0) is 40.3 Å². The number of rotatable bonds is 3. The van der Waals surface area contributed by atoms with Crippen molar-refractivity contribution in [1.82, 2.24) is 9.55 Å². The Labute approximate surface area is 108 Å². The molecule has 16 heavy (non-hydrogen) atoms. The molecule has 0 saturated heterocycles. The molecule has 0 saturated carbocycles. The molecule has 82 valence electrons. The molecule has 2 rings (SSSR count). The van der Waals surface area contributed by atoms with Gasteiger partial charge in [-0.2, -0.15) is 0 Å². The summed E-state index contributed by atoms with van der Waals surface area (Å²) in [6, 6.07) is 7.95. The van der Waals surface area contributed by atoms with E-state index in [4.69, 9.17) is 0 Å². The second kappa shape index (κ2) is 4.78. The van der Waals surface area contributed by atoms with Crippen LogP contribution in [-0.4, -0.2) is 15.3 Å². The van der Waals surface area contributed by atoms with Crippen LogP contribution in [0, 0.1) is 3.57 Å². The van der Waals surface area contributed by atoms with Gasteiger partial charge in [0.1, 0.15) is 0 Å². The largest absolute Gasteiger partial charge is 0.332 e. The number of hydrogen-bond acceptors (Lipinski definition) is 2. The zero-order valence-corrected chi connectivity index (χ0v) is 11.0. The number of halogens is 1. The Morgan fingerprint density at radius 1 is 1.38 bits per heavy atom. The van der Waals surface area contributed by atoms with Crippen LogP contribution in [0.3, 0.4) is 0 Å². The van der Waals surface area contributed by atoms with Gasteiger partial charge in [-0.3, -0.25) is 4.79 Å². The van der Waals surface area contributed by atoms with Crippen molar-refractivity contribution in [3.63, 3.8) is 0 Å². The van der Waals surface area contributed by atoms with Crippen molar-refractivity contribution in [1.29, 1.82) is 0 Å². The molecule has 0 N–H and O–H groups in total. The molecule has 0 spiro atoms. The summed E-state index contributed by atoms with van der Waals surface area (Å²) in [4.78, 5) is 15.9. The first-order chi connectivity index (χ1) is 7.66. The van der Waals surface area contributed by atoms with Gasteiger partial charge in [0.05, 0.1) is 0 Å². The number of aromatic nitrogens is 2. The van der Waals surface area contributed by atoms with E-state index in [-0.39, 0.29) is 5.78 Å². The van der Waals surface area contributed by atoms with Crippen molar-refractivity contribution >= 4 is 28.4 Å². The van der Waals surface area contributed by atoms with Gasteiger partial charge in [0.15, 0.2) is 5.82 Å². The number of aryl methyl sites for hydroxylation is 1. The zero-order valence-electron chi connectivity index (χ0n) is 8.85. The summed E-state index contributed by atoms with van der Waals surface area (Å²) in [6.45, 7) is 0. The third kappa shape index (κ3) is 2.49. The summed E-state index contributed by atoms with van der Waals surface area (Å²) in [5, 5.41) is 0. The fourth-order valence-electron chi connectivity index (χ4n) is 1.50. The van der Waals surface area contributed by atoms with E-state index in [0.717, 1.165) is 5.56 Å². The zero-order chi connectivity index (χ0) is 11.5. The molecule has 0 unspecified atom stereocenters. The minimum Gasteiger partial charge on any atom is -0.332 e. The van der Waals surface area contributed by atoms with E-state index in [1.165, 1.54) is 3.57 Å². The van der Waals surface area contributed by atoms with E-state index in [1.807, 2.05) is 31.3 Å². The third-order valence-electron chi connectivity index (χ3n) is 2.35. The third-order valence-corrected chi connectivity index (χ3v) is 3.07. The molecule has 4 heteroatoms. The molecule has 1 heterocycles. The number of ketones is 1. The van der Waals surface area contributed by atoms with Gasteiger partial charge in [-0.25, -0.2) is 4.98 Å². The Hall–Kier alpha value is -1.17. The smallest absolute Gasteiger partial charge is 0.202 e. The number of hydrogen-bond donors (Lipinski definition) is 0.